The summed E-state index contributed by atoms with van der Waals surface area (Å²) in [6, 6.07) is 1.91. The Kier molecular flexibility index (Phi) is 4.77. The van der Waals surface area contributed by atoms with Gasteiger partial charge in [0.2, 0.25) is 0 Å². The van der Waals surface area contributed by atoms with Gasteiger partial charge in [-0.05, 0) is 19.8 Å². The lowest BCUT2D eigenvalue weighted by molar-refractivity contribution is -0.000264. The van der Waals surface area contributed by atoms with Crippen molar-refractivity contribution < 1.29 is 9.90 Å². The molecule has 0 aromatic carbocycles. The number of nitrogens with zero attached hydrogens (tertiary/aromatic N) is 5. The van der Waals surface area contributed by atoms with Crippen LogP contribution in [0.25, 0.3) is 0 Å². The Balaban J connectivity index is 1.69. The molecular formula is C16H21N5O2S. The van der Waals surface area contributed by atoms with Crippen molar-refractivity contribution in [1.29, 1.82) is 0 Å². The van der Waals surface area contributed by atoms with Crippen molar-refractivity contribution in [1.82, 2.24) is 19.9 Å². The Hall–Kier alpha value is -2.06. The second-order valence-electron chi connectivity index (χ2n) is 6.30. The number of aromatic nitrogens is 3. The molecule has 1 amide bonds. The van der Waals surface area contributed by atoms with Crippen molar-refractivity contribution >= 4 is 23.1 Å². The highest BCUT2D eigenvalue weighted by Gasteiger charge is 2.36. The van der Waals surface area contributed by atoms with E-state index in [-0.39, 0.29) is 12.5 Å². The van der Waals surface area contributed by atoms with Gasteiger partial charge < -0.3 is 14.9 Å². The molecule has 0 saturated carbocycles. The summed E-state index contributed by atoms with van der Waals surface area (Å²) in [7, 11) is 1.70. The van der Waals surface area contributed by atoms with Gasteiger partial charge in [0, 0.05) is 37.3 Å². The minimum absolute atomic E-state index is 0.167. The van der Waals surface area contributed by atoms with Crippen LogP contribution in [-0.4, -0.2) is 63.1 Å². The van der Waals surface area contributed by atoms with Crippen LogP contribution in [-0.2, 0) is 0 Å². The fourth-order valence-corrected chi connectivity index (χ4v) is 3.60. The molecule has 2 aromatic rings. The quantitative estimate of drug-likeness (QED) is 0.899. The van der Waals surface area contributed by atoms with Crippen molar-refractivity contribution in [2.24, 2.45) is 0 Å². The molecule has 2 aromatic heterocycles. The Morgan fingerprint density at radius 1 is 1.46 bits per heavy atom. The van der Waals surface area contributed by atoms with Gasteiger partial charge in [-0.15, -0.1) is 11.3 Å². The number of aliphatic hydroxyl groups is 1. The van der Waals surface area contributed by atoms with Gasteiger partial charge in [0.15, 0.2) is 0 Å². The number of hydrogen-bond donors (Lipinski definition) is 1. The Morgan fingerprint density at radius 3 is 3.00 bits per heavy atom. The fraction of sp³-hybridized carbons (Fsp3) is 0.500. The van der Waals surface area contributed by atoms with Gasteiger partial charge >= 0.3 is 0 Å². The van der Waals surface area contributed by atoms with Gasteiger partial charge in [-0.1, -0.05) is 0 Å². The van der Waals surface area contributed by atoms with Gasteiger partial charge in [0.25, 0.3) is 5.91 Å². The third-order valence-electron chi connectivity index (χ3n) is 4.20. The number of likely N-dealkylation sites (N-methyl/N-ethyl adjacent to an activating group) is 1. The summed E-state index contributed by atoms with van der Waals surface area (Å²) in [4.78, 5) is 28.4. The summed E-state index contributed by atoms with van der Waals surface area (Å²) < 4.78 is 0. The predicted octanol–water partition coefficient (Wildman–Crippen LogP) is 1.35. The normalized spacial score (nSPS) is 20.9. The van der Waals surface area contributed by atoms with E-state index < -0.39 is 5.60 Å². The minimum Gasteiger partial charge on any atom is -0.386 e. The number of piperidine rings is 1. The molecule has 1 saturated heterocycles. The SMILES string of the molecule is Cc1cc(N2CCC[C@@](O)(CN(C)C(=O)c3cscn3)C2)ncn1. The van der Waals surface area contributed by atoms with Gasteiger partial charge in [0.05, 0.1) is 17.7 Å². The maximum absolute atomic E-state index is 12.3. The lowest BCUT2D eigenvalue weighted by Crippen LogP contribution is -2.55. The molecule has 1 N–H and O–H groups in total. The van der Waals surface area contributed by atoms with E-state index in [1.165, 1.54) is 17.7 Å². The number of aryl methyl sites for hydroxylation is 1. The highest BCUT2D eigenvalue weighted by Crippen LogP contribution is 2.26. The van der Waals surface area contributed by atoms with E-state index in [2.05, 4.69) is 19.9 Å². The summed E-state index contributed by atoms with van der Waals surface area (Å²) in [6.45, 7) is 3.46. The number of anilines is 1. The number of amides is 1. The number of carbonyl (C=O) groups excluding carboxylic acids is 1. The molecule has 3 heterocycles. The molecule has 0 spiro atoms. The second-order valence-corrected chi connectivity index (χ2v) is 7.02. The monoisotopic (exact) mass is 347 g/mol. The molecule has 0 unspecified atom stereocenters. The van der Waals surface area contributed by atoms with Crippen LogP contribution in [0.5, 0.6) is 0 Å². The van der Waals surface area contributed by atoms with Gasteiger partial charge in [0.1, 0.15) is 17.8 Å². The number of thiazole rings is 1. The van der Waals surface area contributed by atoms with Crippen molar-refractivity contribution in [2.45, 2.75) is 25.4 Å². The van der Waals surface area contributed by atoms with Gasteiger partial charge in [-0.25, -0.2) is 15.0 Å². The van der Waals surface area contributed by atoms with Crippen LogP contribution in [0.15, 0.2) is 23.3 Å². The Morgan fingerprint density at radius 2 is 2.29 bits per heavy atom. The zero-order valence-corrected chi connectivity index (χ0v) is 14.7. The number of hydrogen-bond acceptors (Lipinski definition) is 7. The summed E-state index contributed by atoms with van der Waals surface area (Å²) in [6.07, 6.45) is 3.04. The van der Waals surface area contributed by atoms with E-state index in [1.807, 2.05) is 13.0 Å². The largest absolute Gasteiger partial charge is 0.386 e. The molecule has 1 aliphatic rings. The van der Waals surface area contributed by atoms with Crippen molar-refractivity contribution in [3.05, 3.63) is 34.7 Å². The number of β-amino-alcohol motifs (C(OH)–C–C–N with tert-alkyl or cyclic N) is 1. The van der Waals surface area contributed by atoms with E-state index >= 15 is 0 Å². The van der Waals surface area contributed by atoms with Crippen molar-refractivity contribution in [2.75, 3.05) is 31.6 Å². The van der Waals surface area contributed by atoms with E-state index in [1.54, 1.807) is 22.8 Å². The molecular weight excluding hydrogens is 326 g/mol. The average Bonchev–Trinajstić information content (AvgIpc) is 3.08. The van der Waals surface area contributed by atoms with Crippen LogP contribution >= 0.6 is 11.3 Å². The van der Waals surface area contributed by atoms with E-state index in [0.29, 0.717) is 18.7 Å². The van der Waals surface area contributed by atoms with Crippen LogP contribution in [0.4, 0.5) is 5.82 Å². The topological polar surface area (TPSA) is 82.5 Å². The van der Waals surface area contributed by atoms with E-state index in [9.17, 15) is 9.90 Å². The molecule has 128 valence electrons. The summed E-state index contributed by atoms with van der Waals surface area (Å²) in [5.41, 5.74) is 1.99. The Bertz CT molecular complexity index is 708. The first kappa shape index (κ1) is 16.8. The molecule has 1 fully saturated rings. The van der Waals surface area contributed by atoms with E-state index in [0.717, 1.165) is 24.5 Å². The van der Waals surface area contributed by atoms with Crippen LogP contribution < -0.4 is 4.90 Å². The lowest BCUT2D eigenvalue weighted by atomic mass is 9.92. The first-order chi connectivity index (χ1) is 11.5. The maximum atomic E-state index is 12.3. The van der Waals surface area contributed by atoms with Gasteiger partial charge in [-0.2, -0.15) is 0 Å². The van der Waals surface area contributed by atoms with Crippen LogP contribution in [0.3, 0.4) is 0 Å². The van der Waals surface area contributed by atoms with Crippen LogP contribution in [0.1, 0.15) is 29.0 Å². The molecule has 0 aliphatic carbocycles. The second kappa shape index (κ2) is 6.82. The Labute approximate surface area is 145 Å². The van der Waals surface area contributed by atoms with Crippen LogP contribution in [0.2, 0.25) is 0 Å². The highest BCUT2D eigenvalue weighted by molar-refractivity contribution is 7.07. The lowest BCUT2D eigenvalue weighted by Gasteiger charge is -2.41. The number of carbonyl (C=O) groups is 1. The predicted molar refractivity (Wildman–Crippen MR) is 92.2 cm³/mol. The van der Waals surface area contributed by atoms with Crippen LogP contribution in [0, 0.1) is 6.92 Å². The molecule has 0 radical (unpaired) electrons. The molecule has 24 heavy (non-hydrogen) atoms. The first-order valence-electron chi connectivity index (χ1n) is 7.86. The standard InChI is InChI=1S/C16H21N5O2S/c1-12-6-14(18-10-17-12)21-5-3-4-16(23,9-21)8-20(2)15(22)13-7-24-11-19-13/h6-7,10-11,23H,3-5,8-9H2,1-2H3/t16-/m1/s1. The molecule has 1 aliphatic heterocycles. The maximum Gasteiger partial charge on any atom is 0.273 e. The summed E-state index contributed by atoms with van der Waals surface area (Å²) in [5.74, 6) is 0.647. The highest BCUT2D eigenvalue weighted by atomic mass is 32.1. The summed E-state index contributed by atoms with van der Waals surface area (Å²) in [5, 5.41) is 12.7. The van der Waals surface area contributed by atoms with Gasteiger partial charge in [-0.3, -0.25) is 4.79 Å². The first-order valence-corrected chi connectivity index (χ1v) is 8.81. The minimum atomic E-state index is -0.961. The zero-order valence-electron chi connectivity index (χ0n) is 13.8. The van der Waals surface area contributed by atoms with E-state index in [4.69, 9.17) is 0 Å². The van der Waals surface area contributed by atoms with Crippen molar-refractivity contribution in [3.8, 4) is 0 Å². The smallest absolute Gasteiger partial charge is 0.273 e. The molecule has 0 bridgehead atoms. The third kappa shape index (κ3) is 3.70. The molecule has 8 heteroatoms. The molecule has 7 nitrogen and oxygen atoms in total. The summed E-state index contributed by atoms with van der Waals surface area (Å²) >= 11 is 1.39. The molecule has 3 rings (SSSR count). The third-order valence-corrected chi connectivity index (χ3v) is 4.78. The van der Waals surface area contributed by atoms with Crippen molar-refractivity contribution in [3.63, 3.8) is 0 Å². The fourth-order valence-electron chi connectivity index (χ4n) is 3.08. The molecule has 1 atom stereocenters. The average molecular weight is 347 g/mol. The zero-order chi connectivity index (χ0) is 17.2. The number of rotatable bonds is 4.